The molecule has 1 N–H and O–H groups in total. The molecule has 0 aliphatic carbocycles. The molecule has 2 aromatic carbocycles. The molecule has 2 aromatic heterocycles. The van der Waals surface area contributed by atoms with E-state index in [9.17, 15) is 4.79 Å². The Morgan fingerprint density at radius 3 is 2.39 bits per heavy atom. The number of carbonyl (C=O) groups excluding carboxylic acids is 1. The highest BCUT2D eigenvalue weighted by molar-refractivity contribution is 6.13. The summed E-state index contributed by atoms with van der Waals surface area (Å²) in [4.78, 5) is 18.2. The topological polar surface area (TPSA) is 78.3 Å². The van der Waals surface area contributed by atoms with Gasteiger partial charge in [-0.3, -0.25) is 4.79 Å². The lowest BCUT2D eigenvalue weighted by molar-refractivity contribution is 0.102. The van der Waals surface area contributed by atoms with Gasteiger partial charge in [0.2, 0.25) is 0 Å². The molecular weight excluding hydrogens is 416 g/mol. The first-order valence-corrected chi connectivity index (χ1v) is 11.1. The number of anilines is 1. The number of ether oxygens (including phenoxy) is 2. The van der Waals surface area contributed by atoms with Crippen LogP contribution < -0.4 is 14.8 Å². The van der Waals surface area contributed by atoms with Crippen molar-refractivity contribution in [3.05, 3.63) is 71.0 Å². The molecule has 7 nitrogen and oxygen atoms in total. The Labute approximate surface area is 193 Å². The number of carbonyl (C=O) groups is 1. The largest absolute Gasteiger partial charge is 0.494 e. The molecule has 0 radical (unpaired) electrons. The van der Waals surface area contributed by atoms with E-state index in [1.54, 1.807) is 22.9 Å². The molecule has 170 valence electrons. The van der Waals surface area contributed by atoms with Crippen LogP contribution in [-0.4, -0.2) is 33.9 Å². The van der Waals surface area contributed by atoms with Gasteiger partial charge in [0.05, 0.1) is 41.2 Å². The molecular formula is C26H28N4O3. The Balaban J connectivity index is 1.78. The number of nitrogens with zero attached hydrogens (tertiary/aromatic N) is 3. The first-order chi connectivity index (χ1) is 15.9. The van der Waals surface area contributed by atoms with E-state index in [2.05, 4.69) is 5.32 Å². The van der Waals surface area contributed by atoms with Crippen LogP contribution in [0.2, 0.25) is 0 Å². The summed E-state index contributed by atoms with van der Waals surface area (Å²) in [6.07, 6.45) is 0. The number of rotatable bonds is 7. The van der Waals surface area contributed by atoms with Crippen molar-refractivity contribution >= 4 is 22.6 Å². The lowest BCUT2D eigenvalue weighted by Gasteiger charge is -2.14. The summed E-state index contributed by atoms with van der Waals surface area (Å²) in [5.41, 5.74) is 5.23. The van der Waals surface area contributed by atoms with Gasteiger partial charge in [0.15, 0.2) is 5.65 Å². The molecule has 4 aromatic rings. The van der Waals surface area contributed by atoms with Crippen LogP contribution in [0.3, 0.4) is 0 Å². The Hall–Kier alpha value is -3.87. The first kappa shape index (κ1) is 22.3. The van der Waals surface area contributed by atoms with Crippen LogP contribution in [-0.2, 0) is 0 Å². The summed E-state index contributed by atoms with van der Waals surface area (Å²) in [6, 6.07) is 15.3. The predicted molar refractivity (Wildman–Crippen MR) is 130 cm³/mol. The van der Waals surface area contributed by atoms with Gasteiger partial charge in [-0.05, 0) is 65.0 Å². The molecule has 2 heterocycles. The summed E-state index contributed by atoms with van der Waals surface area (Å²) < 4.78 is 13.1. The molecule has 0 fully saturated rings. The van der Waals surface area contributed by atoms with Crippen LogP contribution >= 0.6 is 0 Å². The van der Waals surface area contributed by atoms with E-state index >= 15 is 0 Å². The Bertz CT molecular complexity index is 1310. The third-order valence-electron chi connectivity index (χ3n) is 5.27. The zero-order valence-corrected chi connectivity index (χ0v) is 19.6. The monoisotopic (exact) mass is 444 g/mol. The van der Waals surface area contributed by atoms with E-state index < -0.39 is 0 Å². The fraction of sp³-hybridized carbons (Fsp3) is 0.269. The van der Waals surface area contributed by atoms with E-state index in [0.717, 1.165) is 28.0 Å². The lowest BCUT2D eigenvalue weighted by Crippen LogP contribution is -2.14. The Kier molecular flexibility index (Phi) is 6.31. The first-order valence-electron chi connectivity index (χ1n) is 11.1. The van der Waals surface area contributed by atoms with Gasteiger partial charge in [-0.15, -0.1) is 0 Å². The van der Waals surface area contributed by atoms with Gasteiger partial charge in [0, 0.05) is 11.8 Å². The minimum atomic E-state index is -0.258. The molecule has 0 aliphatic rings. The average Bonchev–Trinajstić information content (AvgIpc) is 3.12. The van der Waals surface area contributed by atoms with Crippen molar-refractivity contribution in [2.45, 2.75) is 34.6 Å². The van der Waals surface area contributed by atoms with Crippen LogP contribution in [0, 0.1) is 20.8 Å². The molecule has 0 atom stereocenters. The number of fused-ring (bicyclic) bond motifs is 1. The smallest absolute Gasteiger partial charge is 0.256 e. The van der Waals surface area contributed by atoms with E-state index in [4.69, 9.17) is 19.6 Å². The standard InChI is InChI=1S/C26H28N4O3/c1-6-32-20-12-13-23(33-7-2)22(15-20)28-26(31)21-14-17(4)27-25-24(21)18(5)29-30(25)19-10-8-16(3)9-11-19/h8-15H,6-7H2,1-5H3,(H,28,31). The van der Waals surface area contributed by atoms with Crippen molar-refractivity contribution in [1.82, 2.24) is 14.8 Å². The van der Waals surface area contributed by atoms with E-state index in [1.165, 1.54) is 0 Å². The van der Waals surface area contributed by atoms with E-state index in [1.807, 2.05) is 65.0 Å². The van der Waals surface area contributed by atoms with Crippen LogP contribution in [0.25, 0.3) is 16.7 Å². The SMILES string of the molecule is CCOc1ccc(OCC)c(NC(=O)c2cc(C)nc3c2c(C)nn3-c2ccc(C)cc2)c1. The summed E-state index contributed by atoms with van der Waals surface area (Å²) in [6.45, 7) is 10.6. The molecule has 33 heavy (non-hydrogen) atoms. The maximum absolute atomic E-state index is 13.5. The lowest BCUT2D eigenvalue weighted by atomic mass is 10.1. The van der Waals surface area contributed by atoms with Crippen LogP contribution in [0.15, 0.2) is 48.5 Å². The van der Waals surface area contributed by atoms with Crippen LogP contribution in [0.1, 0.15) is 41.2 Å². The van der Waals surface area contributed by atoms with Crippen molar-refractivity contribution in [2.75, 3.05) is 18.5 Å². The van der Waals surface area contributed by atoms with Gasteiger partial charge >= 0.3 is 0 Å². The molecule has 0 unspecified atom stereocenters. The number of aromatic nitrogens is 3. The number of hydrogen-bond donors (Lipinski definition) is 1. The quantitative estimate of drug-likeness (QED) is 0.413. The molecule has 0 aliphatic heterocycles. The molecule has 0 saturated heterocycles. The van der Waals surface area contributed by atoms with Gasteiger partial charge in [-0.1, -0.05) is 17.7 Å². The fourth-order valence-electron chi connectivity index (χ4n) is 3.79. The highest BCUT2D eigenvalue weighted by Crippen LogP contribution is 2.31. The minimum Gasteiger partial charge on any atom is -0.494 e. The highest BCUT2D eigenvalue weighted by Gasteiger charge is 2.21. The fourth-order valence-corrected chi connectivity index (χ4v) is 3.79. The second-order valence-electron chi connectivity index (χ2n) is 7.82. The van der Waals surface area contributed by atoms with Crippen LogP contribution in [0.4, 0.5) is 5.69 Å². The Morgan fingerprint density at radius 2 is 1.70 bits per heavy atom. The number of amides is 1. The van der Waals surface area contributed by atoms with Gasteiger partial charge in [0.25, 0.3) is 5.91 Å². The maximum Gasteiger partial charge on any atom is 0.256 e. The van der Waals surface area contributed by atoms with Gasteiger partial charge in [-0.25, -0.2) is 9.67 Å². The minimum absolute atomic E-state index is 0.258. The highest BCUT2D eigenvalue weighted by atomic mass is 16.5. The molecule has 1 amide bonds. The summed E-state index contributed by atoms with van der Waals surface area (Å²) in [5.74, 6) is 0.991. The van der Waals surface area contributed by atoms with Crippen molar-refractivity contribution in [1.29, 1.82) is 0 Å². The molecule has 4 rings (SSSR count). The molecule has 0 spiro atoms. The number of pyridine rings is 1. The molecule has 0 bridgehead atoms. The molecule has 7 heteroatoms. The summed E-state index contributed by atoms with van der Waals surface area (Å²) in [5, 5.41) is 8.42. The summed E-state index contributed by atoms with van der Waals surface area (Å²) in [7, 11) is 0. The third kappa shape index (κ3) is 4.53. The van der Waals surface area contributed by atoms with Gasteiger partial charge in [-0.2, -0.15) is 5.10 Å². The second kappa shape index (κ2) is 9.32. The summed E-state index contributed by atoms with van der Waals surface area (Å²) >= 11 is 0. The number of benzene rings is 2. The normalized spacial score (nSPS) is 10.9. The van der Waals surface area contributed by atoms with Crippen molar-refractivity contribution in [3.63, 3.8) is 0 Å². The van der Waals surface area contributed by atoms with E-state index in [-0.39, 0.29) is 5.91 Å². The van der Waals surface area contributed by atoms with Gasteiger partial charge in [0.1, 0.15) is 11.5 Å². The number of nitrogens with one attached hydrogen (secondary N) is 1. The maximum atomic E-state index is 13.5. The zero-order valence-electron chi connectivity index (χ0n) is 19.6. The number of hydrogen-bond acceptors (Lipinski definition) is 5. The molecule has 0 saturated carbocycles. The second-order valence-corrected chi connectivity index (χ2v) is 7.82. The Morgan fingerprint density at radius 1 is 0.970 bits per heavy atom. The van der Waals surface area contributed by atoms with Crippen LogP contribution in [0.5, 0.6) is 11.5 Å². The van der Waals surface area contributed by atoms with Gasteiger partial charge < -0.3 is 14.8 Å². The van der Waals surface area contributed by atoms with Crippen molar-refractivity contribution in [2.24, 2.45) is 0 Å². The van der Waals surface area contributed by atoms with Crippen molar-refractivity contribution in [3.8, 4) is 17.2 Å². The third-order valence-corrected chi connectivity index (χ3v) is 5.27. The number of aryl methyl sites for hydroxylation is 3. The average molecular weight is 445 g/mol. The van der Waals surface area contributed by atoms with E-state index in [0.29, 0.717) is 41.6 Å². The van der Waals surface area contributed by atoms with Crippen molar-refractivity contribution < 1.29 is 14.3 Å². The predicted octanol–water partition coefficient (Wildman–Crippen LogP) is 5.40. The zero-order chi connectivity index (χ0) is 23.5.